The predicted molar refractivity (Wildman–Crippen MR) is 185 cm³/mol. The Morgan fingerprint density at radius 3 is 2.02 bits per heavy atom. The van der Waals surface area contributed by atoms with E-state index < -0.39 is 38.6 Å². The van der Waals surface area contributed by atoms with Gasteiger partial charge in [0.25, 0.3) is 0 Å². The van der Waals surface area contributed by atoms with Crippen LogP contribution in [0.4, 0.5) is 0 Å². The molecule has 10 heteroatoms. The highest BCUT2D eigenvalue weighted by molar-refractivity contribution is 7.46. The van der Waals surface area contributed by atoms with Gasteiger partial charge >= 0.3 is 19.8 Å². The molecule has 0 aromatic heterocycles. The third-order valence-electron chi connectivity index (χ3n) is 7.13. The van der Waals surface area contributed by atoms with Crippen LogP contribution in [0, 0.1) is 5.92 Å². The van der Waals surface area contributed by atoms with Crippen LogP contribution in [-0.2, 0) is 28.2 Å². The van der Waals surface area contributed by atoms with Gasteiger partial charge in [-0.15, -0.1) is 0 Å². The van der Waals surface area contributed by atoms with E-state index in [1.807, 2.05) is 12.2 Å². The zero-order valence-electron chi connectivity index (χ0n) is 28.7. The second kappa shape index (κ2) is 30.3. The number of carbonyl (C=O) groups is 2. The van der Waals surface area contributed by atoms with E-state index in [1.165, 1.54) is 44.9 Å². The van der Waals surface area contributed by atoms with E-state index in [9.17, 15) is 19.3 Å². The summed E-state index contributed by atoms with van der Waals surface area (Å²) in [6.45, 7) is 5.71. The van der Waals surface area contributed by atoms with E-state index in [-0.39, 0.29) is 19.4 Å². The number of aliphatic hydroxyl groups is 1. The van der Waals surface area contributed by atoms with Gasteiger partial charge in [-0.3, -0.25) is 14.1 Å². The Morgan fingerprint density at radius 2 is 1.35 bits per heavy atom. The van der Waals surface area contributed by atoms with Crippen molar-refractivity contribution < 1.29 is 43.0 Å². The van der Waals surface area contributed by atoms with Gasteiger partial charge in [0.05, 0.1) is 12.7 Å². The minimum absolute atomic E-state index is 0.0174. The molecule has 0 amide bonds. The summed E-state index contributed by atoms with van der Waals surface area (Å²) in [5.41, 5.74) is 0. The fourth-order valence-corrected chi connectivity index (χ4v) is 4.84. The topological polar surface area (TPSA) is 140 Å². The molecule has 0 bridgehead atoms. The van der Waals surface area contributed by atoms with Crippen LogP contribution in [0.3, 0.4) is 0 Å². The van der Waals surface area contributed by atoms with Gasteiger partial charge in [-0.1, -0.05) is 127 Å². The van der Waals surface area contributed by atoms with Gasteiger partial charge in [0.15, 0.2) is 6.10 Å². The van der Waals surface area contributed by atoms with Crippen molar-refractivity contribution >= 4 is 19.8 Å². The lowest BCUT2D eigenvalue weighted by atomic mass is 10.0. The molecule has 0 aliphatic rings. The zero-order valence-corrected chi connectivity index (χ0v) is 29.6. The molecule has 46 heavy (non-hydrogen) atoms. The fourth-order valence-electron chi connectivity index (χ4n) is 4.48. The summed E-state index contributed by atoms with van der Waals surface area (Å²) in [6, 6.07) is 0. The molecule has 266 valence electrons. The van der Waals surface area contributed by atoms with Crippen molar-refractivity contribution in [1.29, 1.82) is 0 Å². The van der Waals surface area contributed by atoms with E-state index in [0.717, 1.165) is 44.4 Å². The first-order valence-electron chi connectivity index (χ1n) is 17.4. The fraction of sp³-hybridized carbons (Fsp3) is 0.722. The van der Waals surface area contributed by atoms with Crippen molar-refractivity contribution in [2.45, 2.75) is 149 Å². The third-order valence-corrected chi connectivity index (χ3v) is 7.62. The number of rotatable bonds is 30. The summed E-state index contributed by atoms with van der Waals surface area (Å²) in [5, 5.41) is 10.2. The van der Waals surface area contributed by atoms with Gasteiger partial charge in [-0.2, -0.15) is 0 Å². The molecule has 0 saturated heterocycles. The molecule has 0 fully saturated rings. The van der Waals surface area contributed by atoms with Crippen molar-refractivity contribution in [2.24, 2.45) is 5.92 Å². The summed E-state index contributed by atoms with van der Waals surface area (Å²) < 4.78 is 26.1. The number of allylic oxidation sites excluding steroid dienone is 7. The average molecular weight is 671 g/mol. The van der Waals surface area contributed by atoms with Crippen LogP contribution in [0.1, 0.15) is 136 Å². The first kappa shape index (κ1) is 44.0. The maximum atomic E-state index is 12.3. The normalized spacial score (nSPS) is 13.9. The number of unbranched alkanes of at least 4 members (excludes halogenated alkanes) is 9. The summed E-state index contributed by atoms with van der Waals surface area (Å²) in [4.78, 5) is 42.5. The third kappa shape index (κ3) is 33.3. The highest BCUT2D eigenvalue weighted by Crippen LogP contribution is 2.35. The number of phosphoric ester groups is 1. The van der Waals surface area contributed by atoms with Crippen molar-refractivity contribution in [3.63, 3.8) is 0 Å². The van der Waals surface area contributed by atoms with Crippen molar-refractivity contribution in [3.8, 4) is 0 Å². The quantitative estimate of drug-likeness (QED) is 0.0225. The molecule has 0 aromatic carbocycles. The molecule has 0 unspecified atom stereocenters. The van der Waals surface area contributed by atoms with E-state index in [2.05, 4.69) is 49.6 Å². The molecular formula is C36H63O9P. The maximum absolute atomic E-state index is 12.3. The highest BCUT2D eigenvalue weighted by atomic mass is 31.2. The van der Waals surface area contributed by atoms with Crippen molar-refractivity contribution in [3.05, 3.63) is 48.6 Å². The number of phosphoric acid groups is 1. The Morgan fingerprint density at radius 1 is 0.717 bits per heavy atom. The van der Waals surface area contributed by atoms with E-state index in [0.29, 0.717) is 19.3 Å². The van der Waals surface area contributed by atoms with Crippen LogP contribution in [0.15, 0.2) is 48.6 Å². The van der Waals surface area contributed by atoms with Crippen LogP contribution >= 0.6 is 7.82 Å². The van der Waals surface area contributed by atoms with Crippen LogP contribution in [0.2, 0.25) is 0 Å². The number of hydrogen-bond donors (Lipinski definition) is 3. The molecule has 0 aliphatic carbocycles. The number of aliphatic hydroxyl groups excluding tert-OH is 1. The van der Waals surface area contributed by atoms with Crippen LogP contribution < -0.4 is 0 Å². The number of ether oxygens (including phenoxy) is 2. The molecule has 0 spiro atoms. The Labute approximate surface area is 278 Å². The van der Waals surface area contributed by atoms with Crippen LogP contribution in [-0.4, -0.2) is 52.3 Å². The zero-order chi connectivity index (χ0) is 34.3. The minimum Gasteiger partial charge on any atom is -0.462 e. The summed E-state index contributed by atoms with van der Waals surface area (Å²) in [5.74, 6) is -0.352. The molecule has 0 aromatic rings. The maximum Gasteiger partial charge on any atom is 0.469 e. The van der Waals surface area contributed by atoms with E-state index in [1.54, 1.807) is 12.2 Å². The molecule has 2 atom stereocenters. The molecule has 3 N–H and O–H groups in total. The van der Waals surface area contributed by atoms with Gasteiger partial charge in [0.1, 0.15) is 6.61 Å². The smallest absolute Gasteiger partial charge is 0.462 e. The molecule has 0 radical (unpaired) electrons. The number of hydrogen-bond acceptors (Lipinski definition) is 7. The first-order valence-corrected chi connectivity index (χ1v) is 18.9. The first-order chi connectivity index (χ1) is 22.0. The summed E-state index contributed by atoms with van der Waals surface area (Å²) >= 11 is 0. The predicted octanol–water partition coefficient (Wildman–Crippen LogP) is 8.83. The largest absolute Gasteiger partial charge is 0.469 e. The Balaban J connectivity index is 4.26. The molecule has 0 heterocycles. The van der Waals surface area contributed by atoms with Gasteiger partial charge < -0.3 is 24.4 Å². The number of esters is 2. The molecular weight excluding hydrogens is 607 g/mol. The standard InChI is InChI=1S/C36H63O9P/c1-4-5-6-7-8-9-10-11-12-13-16-19-22-26-33(37)27-24-29-36(39)45-34(31-44-46(40,41)42)30-43-35(38)28-23-20-17-14-15-18-21-25-32(2)3/h8-9,11-12,16,19,22,26,32-34,37H,4-7,10,13-15,17-18,20-21,23-25,27-31H2,1-3H3,(H2,40,41,42)/b9-8-,12-11-,19-16-,26-22+/t33-,34+/m0/s1. The lowest BCUT2D eigenvalue weighted by Gasteiger charge is -2.18. The summed E-state index contributed by atoms with van der Waals surface area (Å²) in [6.07, 6.45) is 30.3. The van der Waals surface area contributed by atoms with Crippen LogP contribution in [0.25, 0.3) is 0 Å². The Bertz CT molecular complexity index is 920. The van der Waals surface area contributed by atoms with E-state index in [4.69, 9.17) is 19.3 Å². The van der Waals surface area contributed by atoms with Gasteiger partial charge in [-0.25, -0.2) is 4.57 Å². The molecule has 9 nitrogen and oxygen atoms in total. The second-order valence-corrected chi connectivity index (χ2v) is 13.4. The van der Waals surface area contributed by atoms with Crippen molar-refractivity contribution in [2.75, 3.05) is 13.2 Å². The molecule has 0 rings (SSSR count). The van der Waals surface area contributed by atoms with Gasteiger partial charge in [0.2, 0.25) is 0 Å². The Hall–Kier alpha value is -2.03. The minimum atomic E-state index is -4.80. The Kier molecular flexibility index (Phi) is 29.0. The van der Waals surface area contributed by atoms with Crippen molar-refractivity contribution in [1.82, 2.24) is 0 Å². The lowest BCUT2D eigenvalue weighted by molar-refractivity contribution is -0.161. The monoisotopic (exact) mass is 670 g/mol. The van der Waals surface area contributed by atoms with Crippen LogP contribution in [0.5, 0.6) is 0 Å². The average Bonchev–Trinajstić information content (AvgIpc) is 2.99. The number of carbonyl (C=O) groups excluding carboxylic acids is 2. The van der Waals surface area contributed by atoms with Gasteiger partial charge in [0, 0.05) is 12.8 Å². The SMILES string of the molecule is CCCCC/C=C\C/C=C\C/C=C\C=C\[C@H](O)CCCC(=O)O[C@H](COC(=O)CCCCCCCCCC(C)C)COP(=O)(O)O. The molecule has 0 saturated carbocycles. The highest BCUT2D eigenvalue weighted by Gasteiger charge is 2.23. The lowest BCUT2D eigenvalue weighted by Crippen LogP contribution is -2.29. The van der Waals surface area contributed by atoms with Gasteiger partial charge in [-0.05, 0) is 50.9 Å². The summed E-state index contributed by atoms with van der Waals surface area (Å²) in [7, 11) is -4.80. The van der Waals surface area contributed by atoms with E-state index >= 15 is 0 Å². The molecule has 0 aliphatic heterocycles. The second-order valence-electron chi connectivity index (χ2n) is 12.2.